The Hall–Kier alpha value is -0.760. The molecule has 21 heavy (non-hydrogen) atoms. The molecule has 4 nitrogen and oxygen atoms in total. The van der Waals surface area contributed by atoms with Crippen molar-refractivity contribution in [2.45, 2.75) is 13.5 Å². The highest BCUT2D eigenvalue weighted by molar-refractivity contribution is 9.10. The van der Waals surface area contributed by atoms with Crippen molar-refractivity contribution < 1.29 is 8.42 Å². The van der Waals surface area contributed by atoms with Crippen LogP contribution in [-0.4, -0.2) is 14.7 Å². The van der Waals surface area contributed by atoms with E-state index in [1.165, 1.54) is 4.88 Å². The summed E-state index contributed by atoms with van der Waals surface area (Å²) in [7, 11) is -3.30. The Morgan fingerprint density at radius 3 is 2.62 bits per heavy atom. The zero-order chi connectivity index (χ0) is 15.6. The smallest absolute Gasteiger partial charge is 0.229 e. The largest absolute Gasteiger partial charge is 0.379 e. The van der Waals surface area contributed by atoms with E-state index in [2.05, 4.69) is 32.0 Å². The molecule has 1 aromatic carbocycles. The topological polar surface area (TPSA) is 58.2 Å². The molecule has 114 valence electrons. The van der Waals surface area contributed by atoms with E-state index in [1.54, 1.807) is 29.5 Å². The van der Waals surface area contributed by atoms with Crippen LogP contribution in [0.2, 0.25) is 5.02 Å². The van der Waals surface area contributed by atoms with E-state index < -0.39 is 10.0 Å². The Labute approximate surface area is 141 Å². The van der Waals surface area contributed by atoms with Crippen LogP contribution in [0, 0.1) is 6.92 Å². The fourth-order valence-electron chi connectivity index (χ4n) is 1.73. The Balaban J connectivity index is 2.13. The number of nitrogens with one attached hydrogen (secondary N) is 2. The molecule has 0 amide bonds. The van der Waals surface area contributed by atoms with Crippen LogP contribution in [0.15, 0.2) is 28.7 Å². The zero-order valence-corrected chi connectivity index (χ0v) is 15.4. The van der Waals surface area contributed by atoms with Crippen molar-refractivity contribution in [3.05, 3.63) is 43.5 Å². The number of anilines is 2. The monoisotopic (exact) mass is 408 g/mol. The van der Waals surface area contributed by atoms with Crippen molar-refractivity contribution in [1.82, 2.24) is 0 Å². The van der Waals surface area contributed by atoms with Gasteiger partial charge in [-0.15, -0.1) is 11.3 Å². The number of hydrogen-bond acceptors (Lipinski definition) is 4. The van der Waals surface area contributed by atoms with Gasteiger partial charge in [0, 0.05) is 20.8 Å². The van der Waals surface area contributed by atoms with E-state index >= 15 is 0 Å². The van der Waals surface area contributed by atoms with Gasteiger partial charge < -0.3 is 5.32 Å². The summed E-state index contributed by atoms with van der Waals surface area (Å²) < 4.78 is 26.0. The van der Waals surface area contributed by atoms with Gasteiger partial charge in [-0.05, 0) is 47.1 Å². The van der Waals surface area contributed by atoms with Crippen LogP contribution in [0.4, 0.5) is 11.4 Å². The van der Waals surface area contributed by atoms with Crippen LogP contribution in [0.25, 0.3) is 0 Å². The number of sulfonamides is 1. The van der Waals surface area contributed by atoms with E-state index in [1.807, 2.05) is 6.92 Å². The van der Waals surface area contributed by atoms with E-state index in [0.29, 0.717) is 22.9 Å². The van der Waals surface area contributed by atoms with Crippen LogP contribution in [-0.2, 0) is 16.6 Å². The minimum Gasteiger partial charge on any atom is -0.379 e. The summed E-state index contributed by atoms with van der Waals surface area (Å²) in [5.41, 5.74) is 1.17. The molecule has 0 saturated heterocycles. The molecule has 0 radical (unpaired) electrons. The summed E-state index contributed by atoms with van der Waals surface area (Å²) in [6, 6.07) is 7.02. The third-order valence-corrected chi connectivity index (χ3v) is 5.70. The number of benzene rings is 1. The SMILES string of the molecule is Cc1sc(CNc2cc(NS(C)(=O)=O)ccc2Cl)cc1Br. The van der Waals surface area contributed by atoms with Crippen molar-refractivity contribution in [3.8, 4) is 0 Å². The van der Waals surface area contributed by atoms with Gasteiger partial charge in [0.2, 0.25) is 10.0 Å². The first-order chi connectivity index (χ1) is 9.74. The Morgan fingerprint density at radius 2 is 2.05 bits per heavy atom. The second-order valence-corrected chi connectivity index (χ2v) is 8.89. The predicted octanol–water partition coefficient (Wildman–Crippen LogP) is 4.46. The molecule has 0 bridgehead atoms. The third kappa shape index (κ3) is 4.88. The highest BCUT2D eigenvalue weighted by Crippen LogP contribution is 2.29. The van der Waals surface area contributed by atoms with Crippen molar-refractivity contribution in [3.63, 3.8) is 0 Å². The van der Waals surface area contributed by atoms with Gasteiger partial charge in [0.1, 0.15) is 0 Å². The predicted molar refractivity (Wildman–Crippen MR) is 94.0 cm³/mol. The van der Waals surface area contributed by atoms with Gasteiger partial charge in [0.15, 0.2) is 0 Å². The number of thiophene rings is 1. The van der Waals surface area contributed by atoms with Crippen LogP contribution in [0.3, 0.4) is 0 Å². The van der Waals surface area contributed by atoms with Crippen LogP contribution in [0.1, 0.15) is 9.75 Å². The lowest BCUT2D eigenvalue weighted by Gasteiger charge is -2.10. The van der Waals surface area contributed by atoms with Gasteiger partial charge >= 0.3 is 0 Å². The van der Waals surface area contributed by atoms with Crippen LogP contribution >= 0.6 is 38.9 Å². The van der Waals surface area contributed by atoms with Crippen molar-refractivity contribution in [1.29, 1.82) is 0 Å². The summed E-state index contributed by atoms with van der Waals surface area (Å²) in [4.78, 5) is 2.38. The summed E-state index contributed by atoms with van der Waals surface area (Å²) in [5.74, 6) is 0. The molecule has 2 rings (SSSR count). The molecule has 0 aliphatic carbocycles. The first kappa shape index (κ1) is 16.6. The van der Waals surface area contributed by atoms with Gasteiger partial charge in [-0.2, -0.15) is 0 Å². The highest BCUT2D eigenvalue weighted by Gasteiger charge is 2.07. The molecule has 0 fully saturated rings. The lowest BCUT2D eigenvalue weighted by atomic mass is 10.3. The minimum atomic E-state index is -3.30. The van der Waals surface area contributed by atoms with Crippen molar-refractivity contribution in [2.24, 2.45) is 0 Å². The second-order valence-electron chi connectivity index (χ2n) is 4.54. The first-order valence-electron chi connectivity index (χ1n) is 6.00. The van der Waals surface area contributed by atoms with E-state index in [-0.39, 0.29) is 0 Å². The molecule has 0 aliphatic heterocycles. The fraction of sp³-hybridized carbons (Fsp3) is 0.231. The fourth-order valence-corrected chi connectivity index (χ4v) is 4.01. The maximum absolute atomic E-state index is 11.2. The molecular weight excluding hydrogens is 396 g/mol. The Morgan fingerprint density at radius 1 is 1.33 bits per heavy atom. The molecule has 8 heteroatoms. The number of rotatable bonds is 5. The summed E-state index contributed by atoms with van der Waals surface area (Å²) in [6.45, 7) is 2.67. The molecule has 0 unspecified atom stereocenters. The standard InChI is InChI=1S/C13H14BrClN2O2S2/c1-8-11(14)6-10(20-8)7-16-13-5-9(3-4-12(13)15)17-21(2,18)19/h3-6,16-17H,7H2,1-2H3. The molecule has 1 aromatic heterocycles. The van der Waals surface area contributed by atoms with Crippen LogP contribution in [0.5, 0.6) is 0 Å². The highest BCUT2D eigenvalue weighted by atomic mass is 79.9. The summed E-state index contributed by atoms with van der Waals surface area (Å²) in [6.07, 6.45) is 1.11. The molecule has 0 saturated carbocycles. The number of hydrogen-bond donors (Lipinski definition) is 2. The Kier molecular flexibility index (Phi) is 5.19. The maximum atomic E-state index is 11.2. The van der Waals surface area contributed by atoms with Gasteiger partial charge in [0.05, 0.1) is 22.7 Å². The molecule has 2 N–H and O–H groups in total. The second kappa shape index (κ2) is 6.56. The average molecular weight is 410 g/mol. The minimum absolute atomic E-state index is 0.480. The van der Waals surface area contributed by atoms with E-state index in [4.69, 9.17) is 11.6 Å². The normalized spacial score (nSPS) is 11.4. The number of aryl methyl sites for hydroxylation is 1. The summed E-state index contributed by atoms with van der Waals surface area (Å²) >= 11 is 11.3. The van der Waals surface area contributed by atoms with Crippen molar-refractivity contribution in [2.75, 3.05) is 16.3 Å². The van der Waals surface area contributed by atoms with Crippen LogP contribution < -0.4 is 10.0 Å². The van der Waals surface area contributed by atoms with E-state index in [0.717, 1.165) is 15.6 Å². The first-order valence-corrected chi connectivity index (χ1v) is 9.88. The van der Waals surface area contributed by atoms with Gasteiger partial charge in [0.25, 0.3) is 0 Å². The number of halogens is 2. The molecule has 0 aliphatic rings. The van der Waals surface area contributed by atoms with Crippen molar-refractivity contribution >= 4 is 60.3 Å². The molecule has 0 atom stereocenters. The molecule has 2 aromatic rings. The molecular formula is C13H14BrClN2O2S2. The van der Waals surface area contributed by atoms with E-state index in [9.17, 15) is 8.42 Å². The average Bonchev–Trinajstić information content (AvgIpc) is 2.68. The molecule has 1 heterocycles. The lowest BCUT2D eigenvalue weighted by Crippen LogP contribution is -2.09. The third-order valence-electron chi connectivity index (χ3n) is 2.63. The Bertz CT molecular complexity index is 740. The summed E-state index contributed by atoms with van der Waals surface area (Å²) in [5, 5.41) is 3.76. The quantitative estimate of drug-likeness (QED) is 0.766. The zero-order valence-electron chi connectivity index (χ0n) is 11.4. The maximum Gasteiger partial charge on any atom is 0.229 e. The van der Waals surface area contributed by atoms with Gasteiger partial charge in [-0.3, -0.25) is 4.72 Å². The van der Waals surface area contributed by atoms with Gasteiger partial charge in [-0.25, -0.2) is 8.42 Å². The lowest BCUT2D eigenvalue weighted by molar-refractivity contribution is 0.607. The molecule has 0 spiro atoms. The van der Waals surface area contributed by atoms with Gasteiger partial charge in [-0.1, -0.05) is 11.6 Å².